The van der Waals surface area contributed by atoms with E-state index in [1.807, 2.05) is 4.90 Å². The van der Waals surface area contributed by atoms with Crippen molar-refractivity contribution in [2.75, 3.05) is 24.7 Å². The summed E-state index contributed by atoms with van der Waals surface area (Å²) in [6.07, 6.45) is 4.22. The third kappa shape index (κ3) is 3.50. The lowest BCUT2D eigenvalue weighted by molar-refractivity contribution is -0.123. The number of nitrogens with zero attached hydrogens (tertiary/aromatic N) is 3. The van der Waals surface area contributed by atoms with Crippen molar-refractivity contribution in [3.05, 3.63) is 51.3 Å². The molecule has 2 atom stereocenters. The molecule has 2 aliphatic rings. The topological polar surface area (TPSA) is 55.3 Å². The van der Waals surface area contributed by atoms with E-state index in [4.69, 9.17) is 16.3 Å². The number of fused-ring (bicyclic) bond motifs is 1. The summed E-state index contributed by atoms with van der Waals surface area (Å²) in [6.45, 7) is 1.54. The van der Waals surface area contributed by atoms with Crippen LogP contribution in [-0.4, -0.2) is 41.6 Å². The van der Waals surface area contributed by atoms with Gasteiger partial charge in [0.1, 0.15) is 11.9 Å². The lowest BCUT2D eigenvalue weighted by atomic mass is 9.92. The first-order valence-corrected chi connectivity index (χ1v) is 9.93. The molecule has 0 N–H and O–H groups in total. The van der Waals surface area contributed by atoms with Crippen LogP contribution in [0.5, 0.6) is 0 Å². The Bertz CT molecular complexity index is 832. The second-order valence-corrected chi connectivity index (χ2v) is 7.89. The number of carbonyl (C=O) groups excluding carboxylic acids is 1. The maximum absolute atomic E-state index is 13.1. The second kappa shape index (κ2) is 7.62. The number of aromatic nitrogens is 2. The first-order valence-electron chi connectivity index (χ1n) is 8.76. The van der Waals surface area contributed by atoms with E-state index >= 15 is 0 Å². The molecule has 0 spiro atoms. The number of Topliss-reactive ketones (excluding diaryl/α,β-unsaturated/α-hetero) is 1. The van der Waals surface area contributed by atoms with Gasteiger partial charge in [0.15, 0.2) is 5.78 Å². The summed E-state index contributed by atoms with van der Waals surface area (Å²) in [7, 11) is 0. The standard InChI is InChI=1S/C19H19BrClN3O2/c20-15-10-22-19(21)23-18(15)24-7-8-26-11-16(24)17(25)9-13-6-5-12-3-1-2-4-14(12)13/h1-4,10,13,16H,5-9,11H2/t13-,16?/m1/s1. The average molecular weight is 437 g/mol. The zero-order chi connectivity index (χ0) is 18.1. The van der Waals surface area contributed by atoms with Crippen LogP contribution >= 0.6 is 27.5 Å². The maximum atomic E-state index is 13.1. The van der Waals surface area contributed by atoms with Crippen LogP contribution in [0.3, 0.4) is 0 Å². The molecule has 26 heavy (non-hydrogen) atoms. The van der Waals surface area contributed by atoms with Gasteiger partial charge in [-0.3, -0.25) is 4.79 Å². The minimum Gasteiger partial charge on any atom is -0.377 e. The van der Waals surface area contributed by atoms with Crippen LogP contribution < -0.4 is 4.90 Å². The molecule has 1 aromatic heterocycles. The predicted octanol–water partition coefficient (Wildman–Crippen LogP) is 3.79. The van der Waals surface area contributed by atoms with Gasteiger partial charge in [-0.15, -0.1) is 0 Å². The molecule has 0 radical (unpaired) electrons. The van der Waals surface area contributed by atoms with Gasteiger partial charge in [0.05, 0.1) is 17.7 Å². The Morgan fingerprint density at radius 3 is 3.12 bits per heavy atom. The smallest absolute Gasteiger partial charge is 0.224 e. The van der Waals surface area contributed by atoms with E-state index in [2.05, 4.69) is 50.2 Å². The van der Waals surface area contributed by atoms with E-state index in [0.29, 0.717) is 37.9 Å². The third-order valence-electron chi connectivity index (χ3n) is 5.17. The fraction of sp³-hybridized carbons (Fsp3) is 0.421. The highest BCUT2D eigenvalue weighted by Gasteiger charge is 2.34. The number of ether oxygens (including phenoxy) is 1. The Kier molecular flexibility index (Phi) is 5.25. The third-order valence-corrected chi connectivity index (χ3v) is 5.91. The molecule has 1 aromatic carbocycles. The Morgan fingerprint density at radius 1 is 1.38 bits per heavy atom. The Morgan fingerprint density at radius 2 is 2.23 bits per heavy atom. The zero-order valence-corrected chi connectivity index (χ0v) is 16.5. The molecule has 2 heterocycles. The molecule has 136 valence electrons. The fourth-order valence-corrected chi connectivity index (χ4v) is 4.45. The minimum absolute atomic E-state index is 0.172. The first kappa shape index (κ1) is 17.9. The quantitative estimate of drug-likeness (QED) is 0.683. The monoisotopic (exact) mass is 435 g/mol. The lowest BCUT2D eigenvalue weighted by Crippen LogP contribution is -2.51. The summed E-state index contributed by atoms with van der Waals surface area (Å²) in [4.78, 5) is 23.4. The van der Waals surface area contributed by atoms with Gasteiger partial charge in [0.2, 0.25) is 5.28 Å². The number of carbonyl (C=O) groups is 1. The number of benzene rings is 1. The Balaban J connectivity index is 1.55. The van der Waals surface area contributed by atoms with Crippen LogP contribution in [0.2, 0.25) is 5.28 Å². The zero-order valence-electron chi connectivity index (χ0n) is 14.2. The van der Waals surface area contributed by atoms with E-state index in [-0.39, 0.29) is 17.1 Å². The van der Waals surface area contributed by atoms with Crippen LogP contribution in [0.4, 0.5) is 5.82 Å². The van der Waals surface area contributed by atoms with Crippen molar-refractivity contribution in [1.29, 1.82) is 0 Å². The van der Waals surface area contributed by atoms with Crippen molar-refractivity contribution in [1.82, 2.24) is 9.97 Å². The summed E-state index contributed by atoms with van der Waals surface area (Å²) < 4.78 is 6.33. The van der Waals surface area contributed by atoms with Gasteiger partial charge in [-0.2, -0.15) is 4.98 Å². The van der Waals surface area contributed by atoms with E-state index in [0.717, 1.165) is 17.3 Å². The summed E-state index contributed by atoms with van der Waals surface area (Å²) in [6, 6.07) is 8.08. The number of hydrogen-bond acceptors (Lipinski definition) is 5. The summed E-state index contributed by atoms with van der Waals surface area (Å²) in [5.41, 5.74) is 2.68. The van der Waals surface area contributed by atoms with Gasteiger partial charge in [0, 0.05) is 19.2 Å². The molecule has 2 aromatic rings. The van der Waals surface area contributed by atoms with Gasteiger partial charge in [0.25, 0.3) is 0 Å². The summed E-state index contributed by atoms with van der Waals surface area (Å²) in [5, 5.41) is 0.172. The van der Waals surface area contributed by atoms with Gasteiger partial charge < -0.3 is 9.64 Å². The predicted molar refractivity (Wildman–Crippen MR) is 104 cm³/mol. The van der Waals surface area contributed by atoms with Crippen molar-refractivity contribution in [3.8, 4) is 0 Å². The number of aryl methyl sites for hydroxylation is 1. The Labute approximate surface area is 165 Å². The molecule has 4 rings (SSSR count). The highest BCUT2D eigenvalue weighted by atomic mass is 79.9. The van der Waals surface area contributed by atoms with Crippen molar-refractivity contribution < 1.29 is 9.53 Å². The molecule has 1 aliphatic carbocycles. The van der Waals surface area contributed by atoms with Crippen LogP contribution in [0.25, 0.3) is 0 Å². The molecule has 0 saturated carbocycles. The van der Waals surface area contributed by atoms with E-state index < -0.39 is 0 Å². The number of ketones is 1. The first-order chi connectivity index (χ1) is 12.6. The van der Waals surface area contributed by atoms with Crippen LogP contribution in [-0.2, 0) is 16.0 Å². The normalized spacial score (nSPS) is 22.3. The molecule has 0 amide bonds. The molecule has 7 heteroatoms. The van der Waals surface area contributed by atoms with Gasteiger partial charge in [-0.25, -0.2) is 4.98 Å². The van der Waals surface area contributed by atoms with Crippen LogP contribution in [0, 0.1) is 0 Å². The lowest BCUT2D eigenvalue weighted by Gasteiger charge is -2.36. The number of anilines is 1. The van der Waals surface area contributed by atoms with Crippen molar-refractivity contribution in [2.24, 2.45) is 0 Å². The number of rotatable bonds is 4. The largest absolute Gasteiger partial charge is 0.377 e. The SMILES string of the molecule is O=C(C[C@H]1CCc2ccccc21)C1COCCN1c1nc(Cl)ncc1Br. The molecule has 1 unspecified atom stereocenters. The van der Waals surface area contributed by atoms with Crippen LogP contribution in [0.15, 0.2) is 34.9 Å². The number of morpholine rings is 1. The van der Waals surface area contributed by atoms with Gasteiger partial charge in [-0.05, 0) is 57.4 Å². The fourth-order valence-electron chi connectivity index (χ4n) is 3.90. The van der Waals surface area contributed by atoms with Crippen molar-refractivity contribution >= 4 is 39.1 Å². The minimum atomic E-state index is -0.348. The van der Waals surface area contributed by atoms with Crippen LogP contribution in [0.1, 0.15) is 29.9 Å². The van der Waals surface area contributed by atoms with E-state index in [1.54, 1.807) is 6.20 Å². The second-order valence-electron chi connectivity index (χ2n) is 6.70. The van der Waals surface area contributed by atoms with E-state index in [1.165, 1.54) is 11.1 Å². The number of halogens is 2. The molecule has 1 saturated heterocycles. The molecule has 0 bridgehead atoms. The highest BCUT2D eigenvalue weighted by Crippen LogP contribution is 2.36. The summed E-state index contributed by atoms with van der Waals surface area (Å²) >= 11 is 9.45. The van der Waals surface area contributed by atoms with E-state index in [9.17, 15) is 4.79 Å². The molecule has 1 fully saturated rings. The Hall–Kier alpha value is -1.50. The number of hydrogen-bond donors (Lipinski definition) is 0. The molecule has 1 aliphatic heterocycles. The maximum Gasteiger partial charge on any atom is 0.224 e. The highest BCUT2D eigenvalue weighted by molar-refractivity contribution is 9.10. The summed E-state index contributed by atoms with van der Waals surface area (Å²) in [5.74, 6) is 1.13. The van der Waals surface area contributed by atoms with Gasteiger partial charge >= 0.3 is 0 Å². The average Bonchev–Trinajstić information content (AvgIpc) is 3.07. The molecular weight excluding hydrogens is 418 g/mol. The van der Waals surface area contributed by atoms with Crippen molar-refractivity contribution in [3.63, 3.8) is 0 Å². The molecule has 5 nitrogen and oxygen atoms in total. The van der Waals surface area contributed by atoms with Crippen molar-refractivity contribution in [2.45, 2.75) is 31.2 Å². The van der Waals surface area contributed by atoms with Gasteiger partial charge in [-0.1, -0.05) is 24.3 Å². The molecular formula is C19H19BrClN3O2.